The molecule has 0 spiro atoms. The van der Waals surface area contributed by atoms with Crippen molar-refractivity contribution in [1.29, 1.82) is 0 Å². The zero-order valence-electron chi connectivity index (χ0n) is 13.5. The minimum absolute atomic E-state index is 0.214. The van der Waals surface area contributed by atoms with Crippen molar-refractivity contribution in [2.75, 3.05) is 11.9 Å². The molecule has 2 amide bonds. The molecule has 0 bridgehead atoms. The predicted octanol–water partition coefficient (Wildman–Crippen LogP) is -0.367. The molecule has 2 aromatic rings. The lowest BCUT2D eigenvalue weighted by molar-refractivity contribution is -0.137. The summed E-state index contributed by atoms with van der Waals surface area (Å²) >= 11 is 1.30. The van der Waals surface area contributed by atoms with Gasteiger partial charge in [0.2, 0.25) is 11.8 Å². The van der Waals surface area contributed by atoms with Gasteiger partial charge in [-0.3, -0.25) is 23.5 Å². The second kappa shape index (κ2) is 7.01. The molecule has 0 saturated carbocycles. The highest BCUT2D eigenvalue weighted by Gasteiger charge is 2.34. The largest absolute Gasteiger partial charge is 0.331 e. The lowest BCUT2D eigenvalue weighted by Crippen LogP contribution is -2.46. The van der Waals surface area contributed by atoms with Gasteiger partial charge in [0, 0.05) is 37.4 Å². The van der Waals surface area contributed by atoms with Crippen molar-refractivity contribution in [3.8, 4) is 0 Å². The van der Waals surface area contributed by atoms with Crippen molar-refractivity contribution in [2.45, 2.75) is 25.4 Å². The first-order valence-electron chi connectivity index (χ1n) is 7.73. The topological polar surface area (TPSA) is 106 Å². The Morgan fingerprint density at radius 1 is 1.40 bits per heavy atom. The molecule has 9 nitrogen and oxygen atoms in total. The number of amides is 2. The van der Waals surface area contributed by atoms with Gasteiger partial charge >= 0.3 is 5.69 Å². The first kappa shape index (κ1) is 17.1. The van der Waals surface area contributed by atoms with E-state index in [1.54, 1.807) is 11.6 Å². The molecule has 1 aliphatic heterocycles. The van der Waals surface area contributed by atoms with Gasteiger partial charge in [-0.25, -0.2) is 9.78 Å². The molecular weight excluding hydrogens is 346 g/mol. The second-order valence-electron chi connectivity index (χ2n) is 5.70. The summed E-state index contributed by atoms with van der Waals surface area (Å²) in [5.74, 6) is -0.619. The monoisotopic (exact) mass is 363 g/mol. The molecular formula is C15H17N5O4S. The number of aromatic nitrogens is 3. The third kappa shape index (κ3) is 3.53. The van der Waals surface area contributed by atoms with Crippen LogP contribution in [0.1, 0.15) is 12.8 Å². The number of nitrogens with one attached hydrogen (secondary N) is 1. The average molecular weight is 363 g/mol. The molecule has 1 unspecified atom stereocenters. The van der Waals surface area contributed by atoms with E-state index in [0.717, 1.165) is 9.13 Å². The van der Waals surface area contributed by atoms with Crippen LogP contribution in [-0.4, -0.2) is 43.4 Å². The van der Waals surface area contributed by atoms with Crippen molar-refractivity contribution in [2.24, 2.45) is 7.05 Å². The van der Waals surface area contributed by atoms with Crippen LogP contribution in [0.5, 0.6) is 0 Å². The van der Waals surface area contributed by atoms with Gasteiger partial charge in [0.25, 0.3) is 5.56 Å². The number of carbonyl (C=O) groups is 2. The van der Waals surface area contributed by atoms with Crippen LogP contribution in [0.4, 0.5) is 5.13 Å². The molecule has 132 valence electrons. The lowest BCUT2D eigenvalue weighted by atomic mass is 10.2. The first-order chi connectivity index (χ1) is 12.0. The molecule has 1 aliphatic rings. The van der Waals surface area contributed by atoms with Crippen LogP contribution in [0.25, 0.3) is 0 Å². The molecule has 0 aromatic carbocycles. The van der Waals surface area contributed by atoms with Gasteiger partial charge in [-0.15, -0.1) is 11.3 Å². The van der Waals surface area contributed by atoms with Gasteiger partial charge in [-0.2, -0.15) is 0 Å². The van der Waals surface area contributed by atoms with E-state index < -0.39 is 17.3 Å². The molecule has 2 aromatic heterocycles. The van der Waals surface area contributed by atoms with Gasteiger partial charge in [-0.1, -0.05) is 0 Å². The molecule has 10 heteroatoms. The first-order valence-corrected chi connectivity index (χ1v) is 8.61. The van der Waals surface area contributed by atoms with Crippen LogP contribution in [0.15, 0.2) is 33.4 Å². The summed E-state index contributed by atoms with van der Waals surface area (Å²) in [6.45, 7) is 0.239. The van der Waals surface area contributed by atoms with Crippen LogP contribution < -0.4 is 16.6 Å². The zero-order chi connectivity index (χ0) is 18.0. The van der Waals surface area contributed by atoms with Crippen molar-refractivity contribution in [3.63, 3.8) is 0 Å². The minimum atomic E-state index is -0.584. The van der Waals surface area contributed by atoms with E-state index in [4.69, 9.17) is 0 Å². The quantitative estimate of drug-likeness (QED) is 0.798. The maximum Gasteiger partial charge on any atom is 0.331 e. The van der Waals surface area contributed by atoms with Crippen molar-refractivity contribution < 1.29 is 9.59 Å². The van der Waals surface area contributed by atoms with Crippen LogP contribution in [0.3, 0.4) is 0 Å². The maximum atomic E-state index is 12.6. The molecule has 1 fully saturated rings. The number of carbonyl (C=O) groups excluding carboxylic acids is 2. The smallest absolute Gasteiger partial charge is 0.329 e. The normalized spacial score (nSPS) is 16.8. The summed E-state index contributed by atoms with van der Waals surface area (Å²) < 4.78 is 2.10. The van der Waals surface area contributed by atoms with Crippen LogP contribution in [0.2, 0.25) is 0 Å². The number of thiazole rings is 1. The number of hydrogen-bond acceptors (Lipinski definition) is 6. The number of likely N-dealkylation sites (tertiary alicyclic amines) is 1. The van der Waals surface area contributed by atoms with Gasteiger partial charge in [0.05, 0.1) is 0 Å². The zero-order valence-corrected chi connectivity index (χ0v) is 14.4. The molecule has 25 heavy (non-hydrogen) atoms. The Morgan fingerprint density at radius 2 is 2.20 bits per heavy atom. The van der Waals surface area contributed by atoms with Crippen molar-refractivity contribution in [3.05, 3.63) is 44.7 Å². The van der Waals surface area contributed by atoms with Crippen molar-refractivity contribution >= 4 is 28.3 Å². The predicted molar refractivity (Wildman–Crippen MR) is 91.4 cm³/mol. The molecule has 3 rings (SSSR count). The highest BCUT2D eigenvalue weighted by Crippen LogP contribution is 2.20. The number of anilines is 1. The van der Waals surface area contributed by atoms with E-state index in [2.05, 4.69) is 10.3 Å². The van der Waals surface area contributed by atoms with E-state index in [-0.39, 0.29) is 18.4 Å². The molecule has 1 atom stereocenters. The van der Waals surface area contributed by atoms with Crippen LogP contribution in [0, 0.1) is 0 Å². The fourth-order valence-corrected chi connectivity index (χ4v) is 3.32. The molecule has 0 radical (unpaired) electrons. The fourth-order valence-electron chi connectivity index (χ4n) is 2.78. The Kier molecular flexibility index (Phi) is 4.79. The Hall–Kier alpha value is -2.75. The van der Waals surface area contributed by atoms with E-state index in [9.17, 15) is 19.2 Å². The average Bonchev–Trinajstić information content (AvgIpc) is 3.26. The highest BCUT2D eigenvalue weighted by molar-refractivity contribution is 7.13. The Balaban J connectivity index is 1.73. The summed E-state index contributed by atoms with van der Waals surface area (Å²) in [5, 5.41) is 4.94. The standard InChI is InChI=1S/C15H17N5O4S/c1-18-11(21)4-7-19(15(18)24)9-12(22)20-6-2-3-10(20)13(23)17-14-16-5-8-25-14/h4-5,7-8,10H,2-3,6,9H2,1H3,(H,16,17,23). The summed E-state index contributed by atoms with van der Waals surface area (Å²) in [5.41, 5.74) is -1.00. The molecule has 0 aliphatic carbocycles. The van der Waals surface area contributed by atoms with E-state index in [1.807, 2.05) is 0 Å². The van der Waals surface area contributed by atoms with E-state index >= 15 is 0 Å². The van der Waals surface area contributed by atoms with Crippen LogP contribution in [-0.2, 0) is 23.2 Å². The lowest BCUT2D eigenvalue weighted by Gasteiger charge is -2.24. The number of hydrogen-bond donors (Lipinski definition) is 1. The molecule has 1 N–H and O–H groups in total. The number of nitrogens with zero attached hydrogens (tertiary/aromatic N) is 4. The summed E-state index contributed by atoms with van der Waals surface area (Å²) in [6, 6.07) is 0.644. The second-order valence-corrected chi connectivity index (χ2v) is 6.59. The Morgan fingerprint density at radius 3 is 2.92 bits per heavy atom. The summed E-state index contributed by atoms with van der Waals surface area (Å²) in [4.78, 5) is 53.9. The Bertz CT molecular complexity index is 901. The third-order valence-electron chi connectivity index (χ3n) is 4.10. The van der Waals surface area contributed by atoms with Gasteiger partial charge in [0.1, 0.15) is 12.6 Å². The van der Waals surface area contributed by atoms with Gasteiger partial charge in [0.15, 0.2) is 5.13 Å². The van der Waals surface area contributed by atoms with Crippen molar-refractivity contribution in [1.82, 2.24) is 19.0 Å². The number of rotatable bonds is 4. The Labute approximate surface area is 146 Å². The van der Waals surface area contributed by atoms with E-state index in [1.165, 1.54) is 35.5 Å². The fraction of sp³-hybridized carbons (Fsp3) is 0.400. The maximum absolute atomic E-state index is 12.6. The summed E-state index contributed by atoms with van der Waals surface area (Å²) in [6.07, 6.45) is 4.15. The van der Waals surface area contributed by atoms with Gasteiger partial charge < -0.3 is 10.2 Å². The van der Waals surface area contributed by atoms with Crippen LogP contribution >= 0.6 is 11.3 Å². The highest BCUT2D eigenvalue weighted by atomic mass is 32.1. The molecule has 1 saturated heterocycles. The minimum Gasteiger partial charge on any atom is -0.329 e. The molecule has 3 heterocycles. The van der Waals surface area contributed by atoms with E-state index in [0.29, 0.717) is 24.5 Å². The van der Waals surface area contributed by atoms with Gasteiger partial charge in [-0.05, 0) is 12.8 Å². The SMILES string of the molecule is Cn1c(=O)ccn(CC(=O)N2CCCC2C(=O)Nc2nccs2)c1=O. The third-order valence-corrected chi connectivity index (χ3v) is 4.79. The summed E-state index contributed by atoms with van der Waals surface area (Å²) in [7, 11) is 1.35.